The predicted molar refractivity (Wildman–Crippen MR) is 123 cm³/mol. The summed E-state index contributed by atoms with van der Waals surface area (Å²) in [6, 6.07) is 10.3. The van der Waals surface area contributed by atoms with Gasteiger partial charge in [0, 0.05) is 60.7 Å². The van der Waals surface area contributed by atoms with Gasteiger partial charge in [0.25, 0.3) is 0 Å². The van der Waals surface area contributed by atoms with Crippen LogP contribution in [0.25, 0.3) is 16.8 Å². The lowest BCUT2D eigenvalue weighted by molar-refractivity contribution is -0.0505. The Kier molecular flexibility index (Phi) is 5.37. The number of morpholine rings is 1. The summed E-state index contributed by atoms with van der Waals surface area (Å²) in [5, 5.41) is 0. The van der Waals surface area contributed by atoms with E-state index in [-0.39, 0.29) is 18.0 Å². The van der Waals surface area contributed by atoms with Gasteiger partial charge in [-0.2, -0.15) is 8.78 Å². The molecule has 2 aliphatic rings. The van der Waals surface area contributed by atoms with Crippen molar-refractivity contribution in [2.45, 2.75) is 19.0 Å². The first-order chi connectivity index (χ1) is 17.1. The van der Waals surface area contributed by atoms with E-state index in [1.54, 1.807) is 30.6 Å². The molecule has 35 heavy (non-hydrogen) atoms. The minimum atomic E-state index is -2.96. The summed E-state index contributed by atoms with van der Waals surface area (Å²) in [7, 11) is 0. The average Bonchev–Trinajstić information content (AvgIpc) is 3.42. The van der Waals surface area contributed by atoms with Gasteiger partial charge in [0.2, 0.25) is 5.95 Å². The van der Waals surface area contributed by atoms with E-state index in [1.807, 2.05) is 22.7 Å². The van der Waals surface area contributed by atoms with Gasteiger partial charge in [0.15, 0.2) is 5.78 Å². The van der Waals surface area contributed by atoms with Gasteiger partial charge in [-0.25, -0.2) is 15.0 Å². The number of ketones is 1. The Balaban J connectivity index is 1.39. The van der Waals surface area contributed by atoms with E-state index in [2.05, 4.69) is 19.9 Å². The van der Waals surface area contributed by atoms with Gasteiger partial charge >= 0.3 is 6.61 Å². The van der Waals surface area contributed by atoms with Crippen molar-refractivity contribution in [3.8, 4) is 16.9 Å². The van der Waals surface area contributed by atoms with Crippen LogP contribution >= 0.6 is 0 Å². The zero-order valence-corrected chi connectivity index (χ0v) is 18.6. The smallest absolute Gasteiger partial charge is 0.387 e. The molecule has 1 saturated heterocycles. The molecule has 4 heterocycles. The van der Waals surface area contributed by atoms with E-state index in [1.165, 1.54) is 6.07 Å². The molecule has 4 aromatic rings. The second-order valence-corrected chi connectivity index (χ2v) is 8.46. The number of benzene rings is 1. The summed E-state index contributed by atoms with van der Waals surface area (Å²) in [4.78, 5) is 28.5. The SMILES string of the molecule is O=C1C[C@@H](c2ccccc2OC(F)F)c2c1nc1ccc(-c3cnc(N4CCOCC4)nc3)cn21. The molecule has 1 fully saturated rings. The summed E-state index contributed by atoms with van der Waals surface area (Å²) >= 11 is 0. The van der Waals surface area contributed by atoms with Crippen LogP contribution in [0.15, 0.2) is 55.0 Å². The molecular weight excluding hydrogens is 456 g/mol. The third-order valence-corrected chi connectivity index (χ3v) is 6.42. The quantitative estimate of drug-likeness (QED) is 0.431. The Labute approximate surface area is 199 Å². The first kappa shape index (κ1) is 21.6. The molecule has 0 radical (unpaired) electrons. The number of aromatic nitrogens is 4. The van der Waals surface area contributed by atoms with E-state index in [0.29, 0.717) is 41.8 Å². The molecule has 6 rings (SSSR count). The number of halogens is 2. The van der Waals surface area contributed by atoms with Gasteiger partial charge in [-0.1, -0.05) is 18.2 Å². The third-order valence-electron chi connectivity index (χ3n) is 6.42. The van der Waals surface area contributed by atoms with Crippen LogP contribution in [0.2, 0.25) is 0 Å². The van der Waals surface area contributed by atoms with Crippen LogP contribution in [0.3, 0.4) is 0 Å². The first-order valence-corrected chi connectivity index (χ1v) is 11.3. The van der Waals surface area contributed by atoms with E-state index < -0.39 is 12.5 Å². The summed E-state index contributed by atoms with van der Waals surface area (Å²) in [5.74, 6) is 0.146. The Morgan fingerprint density at radius 1 is 1.03 bits per heavy atom. The fraction of sp³-hybridized carbons (Fsp3) is 0.280. The molecule has 0 saturated carbocycles. The number of para-hydroxylation sites is 1. The van der Waals surface area contributed by atoms with Crippen LogP contribution in [0.1, 0.15) is 34.1 Å². The lowest BCUT2D eigenvalue weighted by Crippen LogP contribution is -2.37. The second-order valence-electron chi connectivity index (χ2n) is 8.46. The highest BCUT2D eigenvalue weighted by Gasteiger charge is 2.37. The molecule has 0 amide bonds. The van der Waals surface area contributed by atoms with Gasteiger partial charge in [0.05, 0.1) is 18.9 Å². The molecule has 0 bridgehead atoms. The number of anilines is 1. The van der Waals surface area contributed by atoms with Crippen molar-refractivity contribution in [1.29, 1.82) is 0 Å². The Morgan fingerprint density at radius 3 is 2.57 bits per heavy atom. The zero-order chi connectivity index (χ0) is 23.9. The molecule has 1 atom stereocenters. The maximum atomic E-state index is 13.0. The first-order valence-electron chi connectivity index (χ1n) is 11.3. The van der Waals surface area contributed by atoms with Gasteiger partial charge < -0.3 is 18.8 Å². The molecule has 1 aliphatic heterocycles. The van der Waals surface area contributed by atoms with Gasteiger partial charge in [-0.15, -0.1) is 0 Å². The number of fused-ring (bicyclic) bond motifs is 3. The Bertz CT molecular complexity index is 1400. The average molecular weight is 477 g/mol. The normalized spacial score (nSPS) is 17.9. The number of hydrogen-bond acceptors (Lipinski definition) is 7. The molecule has 0 unspecified atom stereocenters. The summed E-state index contributed by atoms with van der Waals surface area (Å²) < 4.78 is 38.0. The second kappa shape index (κ2) is 8.70. The van der Waals surface area contributed by atoms with Crippen molar-refractivity contribution in [3.05, 3.63) is 71.9 Å². The number of alkyl halides is 2. The fourth-order valence-corrected chi connectivity index (χ4v) is 4.78. The third kappa shape index (κ3) is 3.89. The number of nitrogens with zero attached hydrogens (tertiary/aromatic N) is 5. The summed E-state index contributed by atoms with van der Waals surface area (Å²) in [6.45, 7) is -0.156. The molecule has 178 valence electrons. The predicted octanol–water partition coefficient (Wildman–Crippen LogP) is 3.95. The number of carbonyl (C=O) groups excluding carboxylic acids is 1. The van der Waals surface area contributed by atoms with Gasteiger partial charge in [-0.05, 0) is 18.2 Å². The molecule has 0 N–H and O–H groups in total. The lowest BCUT2D eigenvalue weighted by Gasteiger charge is -2.26. The number of hydrogen-bond donors (Lipinski definition) is 0. The largest absolute Gasteiger partial charge is 0.435 e. The number of ether oxygens (including phenoxy) is 2. The molecule has 1 aromatic carbocycles. The van der Waals surface area contributed by atoms with E-state index in [4.69, 9.17) is 9.47 Å². The fourth-order valence-electron chi connectivity index (χ4n) is 4.78. The van der Waals surface area contributed by atoms with Crippen molar-refractivity contribution in [2.24, 2.45) is 0 Å². The van der Waals surface area contributed by atoms with Crippen molar-refractivity contribution in [2.75, 3.05) is 31.2 Å². The van der Waals surface area contributed by atoms with Crippen molar-refractivity contribution < 1.29 is 23.0 Å². The number of rotatable bonds is 5. The number of Topliss-reactive ketones (excluding diaryl/α,β-unsaturated/α-hetero) is 1. The Hall–Kier alpha value is -3.92. The van der Waals surface area contributed by atoms with E-state index >= 15 is 0 Å². The number of pyridine rings is 1. The Morgan fingerprint density at radius 2 is 1.80 bits per heavy atom. The van der Waals surface area contributed by atoms with Gasteiger partial charge in [0.1, 0.15) is 17.1 Å². The monoisotopic (exact) mass is 477 g/mol. The van der Waals surface area contributed by atoms with Crippen LogP contribution in [0.5, 0.6) is 5.75 Å². The highest BCUT2D eigenvalue weighted by atomic mass is 19.3. The van der Waals surface area contributed by atoms with Crippen molar-refractivity contribution >= 4 is 17.4 Å². The van der Waals surface area contributed by atoms with Gasteiger partial charge in [-0.3, -0.25) is 4.79 Å². The van der Waals surface area contributed by atoms with Crippen molar-refractivity contribution in [1.82, 2.24) is 19.4 Å². The van der Waals surface area contributed by atoms with Crippen LogP contribution in [0.4, 0.5) is 14.7 Å². The minimum absolute atomic E-state index is 0.0614. The van der Waals surface area contributed by atoms with Crippen molar-refractivity contribution in [3.63, 3.8) is 0 Å². The molecular formula is C25H21F2N5O3. The molecule has 1 aliphatic carbocycles. The topological polar surface area (TPSA) is 81.8 Å². The standard InChI is InChI=1S/C25H21F2N5O3/c26-24(27)35-20-4-2-1-3-17(20)18-11-19(33)22-23(18)32-14-15(5-6-21(32)30-22)16-12-28-25(29-13-16)31-7-9-34-10-8-31/h1-6,12-14,18,24H,7-11H2/t18-/m0/s1. The maximum absolute atomic E-state index is 13.0. The molecule has 10 heteroatoms. The number of carbonyl (C=O) groups is 1. The highest BCUT2D eigenvalue weighted by Crippen LogP contribution is 2.42. The highest BCUT2D eigenvalue weighted by molar-refractivity contribution is 6.00. The van der Waals surface area contributed by atoms with Crippen LogP contribution in [-0.4, -0.2) is 58.1 Å². The molecule has 8 nitrogen and oxygen atoms in total. The van der Waals surface area contributed by atoms with E-state index in [0.717, 1.165) is 24.2 Å². The number of imidazole rings is 1. The molecule has 3 aromatic heterocycles. The summed E-state index contributed by atoms with van der Waals surface area (Å²) in [6.07, 6.45) is 5.57. The zero-order valence-electron chi connectivity index (χ0n) is 18.6. The molecule has 0 spiro atoms. The van der Waals surface area contributed by atoms with Crippen LogP contribution < -0.4 is 9.64 Å². The van der Waals surface area contributed by atoms with Crippen LogP contribution in [0, 0.1) is 0 Å². The summed E-state index contributed by atoms with van der Waals surface area (Å²) in [5.41, 5.74) is 3.83. The lowest BCUT2D eigenvalue weighted by atomic mass is 9.95. The van der Waals surface area contributed by atoms with Crippen LogP contribution in [-0.2, 0) is 4.74 Å². The maximum Gasteiger partial charge on any atom is 0.387 e. The minimum Gasteiger partial charge on any atom is -0.435 e. The van der Waals surface area contributed by atoms with E-state index in [9.17, 15) is 13.6 Å².